The van der Waals surface area contributed by atoms with Gasteiger partial charge in [-0.15, -0.1) is 0 Å². The summed E-state index contributed by atoms with van der Waals surface area (Å²) in [6, 6.07) is 17.2. The molecule has 1 fully saturated rings. The number of aliphatic hydroxyl groups excluding tert-OH is 1. The molecule has 1 aliphatic carbocycles. The van der Waals surface area contributed by atoms with Gasteiger partial charge in [0.1, 0.15) is 0 Å². The molecule has 0 aliphatic heterocycles. The highest BCUT2D eigenvalue weighted by Gasteiger charge is 2.43. The van der Waals surface area contributed by atoms with Gasteiger partial charge < -0.3 is 10.0 Å². The Morgan fingerprint density at radius 1 is 1.07 bits per heavy atom. The van der Waals surface area contributed by atoms with E-state index in [0.29, 0.717) is 5.92 Å². The highest BCUT2D eigenvalue weighted by atomic mass is 35.5. The number of rotatable bonds is 6. The lowest BCUT2D eigenvalue weighted by Crippen LogP contribution is -2.46. The molecular formula is C24H32ClNO. The first-order valence-corrected chi connectivity index (χ1v) is 10.4. The van der Waals surface area contributed by atoms with Gasteiger partial charge in [0.15, 0.2) is 0 Å². The lowest BCUT2D eigenvalue weighted by molar-refractivity contribution is -0.00343. The summed E-state index contributed by atoms with van der Waals surface area (Å²) >= 11 is 6.11. The second-order valence-electron chi connectivity index (χ2n) is 8.72. The first-order chi connectivity index (χ1) is 12.9. The summed E-state index contributed by atoms with van der Waals surface area (Å²) in [5.74, 6) is 0.465. The molecule has 27 heavy (non-hydrogen) atoms. The Balaban J connectivity index is 1.96. The predicted molar refractivity (Wildman–Crippen MR) is 114 cm³/mol. The average Bonchev–Trinajstić information content (AvgIpc) is 2.60. The predicted octanol–water partition coefficient (Wildman–Crippen LogP) is 5.14. The van der Waals surface area contributed by atoms with Crippen molar-refractivity contribution in [2.24, 2.45) is 11.3 Å². The molecule has 2 nitrogen and oxygen atoms in total. The van der Waals surface area contributed by atoms with Gasteiger partial charge in [-0.2, -0.15) is 0 Å². The number of hydrogen-bond donors (Lipinski definition) is 1. The first-order valence-electron chi connectivity index (χ1n) is 9.99. The Morgan fingerprint density at radius 2 is 1.78 bits per heavy atom. The van der Waals surface area contributed by atoms with Crippen LogP contribution in [-0.2, 0) is 12.8 Å². The van der Waals surface area contributed by atoms with Crippen molar-refractivity contribution in [3.05, 3.63) is 70.2 Å². The van der Waals surface area contributed by atoms with Crippen LogP contribution in [0.15, 0.2) is 48.5 Å². The van der Waals surface area contributed by atoms with Gasteiger partial charge in [0.05, 0.1) is 6.10 Å². The van der Waals surface area contributed by atoms with Crippen LogP contribution in [0.4, 0.5) is 0 Å². The summed E-state index contributed by atoms with van der Waals surface area (Å²) in [4.78, 5) is 2.27. The maximum Gasteiger partial charge on any atom is 0.0543 e. The summed E-state index contributed by atoms with van der Waals surface area (Å²) < 4.78 is 0. The van der Waals surface area contributed by atoms with Crippen LogP contribution in [0.2, 0.25) is 5.02 Å². The van der Waals surface area contributed by atoms with Crippen LogP contribution in [0.25, 0.3) is 0 Å². The summed E-state index contributed by atoms with van der Waals surface area (Å²) in [6.07, 6.45) is 4.75. The van der Waals surface area contributed by atoms with E-state index < -0.39 is 0 Å². The van der Waals surface area contributed by atoms with Crippen LogP contribution >= 0.6 is 11.6 Å². The maximum atomic E-state index is 10.4. The number of nitrogens with zero attached hydrogens (tertiary/aromatic N) is 1. The third-order valence-corrected chi connectivity index (χ3v) is 6.34. The summed E-state index contributed by atoms with van der Waals surface area (Å²) in [6.45, 7) is 3.17. The monoisotopic (exact) mass is 385 g/mol. The number of aliphatic hydroxyl groups is 1. The van der Waals surface area contributed by atoms with Crippen molar-refractivity contribution in [3.63, 3.8) is 0 Å². The molecule has 3 atom stereocenters. The van der Waals surface area contributed by atoms with Gasteiger partial charge in [-0.25, -0.2) is 0 Å². The van der Waals surface area contributed by atoms with Gasteiger partial charge in [0.25, 0.3) is 0 Å². The van der Waals surface area contributed by atoms with Crippen LogP contribution < -0.4 is 0 Å². The lowest BCUT2D eigenvalue weighted by atomic mass is 9.60. The molecule has 0 heterocycles. The smallest absolute Gasteiger partial charge is 0.0543 e. The van der Waals surface area contributed by atoms with E-state index in [-0.39, 0.29) is 11.5 Å². The minimum Gasteiger partial charge on any atom is -0.393 e. The second kappa shape index (κ2) is 8.77. The average molecular weight is 386 g/mol. The summed E-state index contributed by atoms with van der Waals surface area (Å²) in [5.41, 5.74) is 4.22. The molecule has 3 unspecified atom stereocenters. The number of aryl methyl sites for hydroxylation is 1. The zero-order chi connectivity index (χ0) is 19.4. The molecule has 3 rings (SSSR count). The zero-order valence-corrected chi connectivity index (χ0v) is 17.5. The molecule has 0 radical (unpaired) electrons. The maximum absolute atomic E-state index is 10.4. The number of halogens is 1. The molecule has 1 saturated carbocycles. The normalized spacial score (nSPS) is 25.7. The van der Waals surface area contributed by atoms with Crippen molar-refractivity contribution in [1.29, 1.82) is 0 Å². The quantitative estimate of drug-likeness (QED) is 0.743. The molecular weight excluding hydrogens is 354 g/mol. The summed E-state index contributed by atoms with van der Waals surface area (Å²) in [7, 11) is 4.28. The topological polar surface area (TPSA) is 23.5 Å². The molecule has 146 valence electrons. The van der Waals surface area contributed by atoms with Crippen molar-refractivity contribution in [2.45, 2.75) is 45.1 Å². The van der Waals surface area contributed by atoms with Gasteiger partial charge in [0, 0.05) is 11.6 Å². The van der Waals surface area contributed by atoms with Crippen LogP contribution in [0.5, 0.6) is 0 Å². The molecule has 0 bridgehead atoms. The Labute approximate surface area is 169 Å². The van der Waals surface area contributed by atoms with Gasteiger partial charge in [0.2, 0.25) is 0 Å². The van der Waals surface area contributed by atoms with E-state index >= 15 is 0 Å². The first kappa shape index (κ1) is 20.4. The highest BCUT2D eigenvalue weighted by Crippen LogP contribution is 2.47. The lowest BCUT2D eigenvalue weighted by Gasteiger charge is -2.47. The van der Waals surface area contributed by atoms with Crippen LogP contribution in [0.3, 0.4) is 0 Å². The van der Waals surface area contributed by atoms with E-state index in [1.54, 1.807) is 0 Å². The minimum absolute atomic E-state index is 0.158. The molecule has 2 aromatic carbocycles. The fourth-order valence-electron chi connectivity index (χ4n) is 4.83. The minimum atomic E-state index is -0.175. The van der Waals surface area contributed by atoms with E-state index in [9.17, 15) is 5.11 Å². The second-order valence-corrected chi connectivity index (χ2v) is 9.16. The van der Waals surface area contributed by atoms with Gasteiger partial charge in [-0.3, -0.25) is 0 Å². The fourth-order valence-corrected chi connectivity index (χ4v) is 4.95. The molecule has 0 aromatic heterocycles. The van der Waals surface area contributed by atoms with E-state index in [1.165, 1.54) is 16.7 Å². The van der Waals surface area contributed by atoms with E-state index in [2.05, 4.69) is 62.3 Å². The highest BCUT2D eigenvalue weighted by molar-refractivity contribution is 6.30. The van der Waals surface area contributed by atoms with E-state index in [1.807, 2.05) is 12.1 Å². The van der Waals surface area contributed by atoms with Crippen molar-refractivity contribution in [2.75, 3.05) is 20.6 Å². The van der Waals surface area contributed by atoms with Gasteiger partial charge >= 0.3 is 0 Å². The Bertz CT molecular complexity index is 740. The standard InChI is InChI=1S/C24H32ClNO/c1-18-5-4-6-20(13-18)16-24(15-19-7-9-22(25)10-8-19)12-11-23(27)14-21(24)17-26(2)3/h4-10,13,21,23,27H,11-12,14-17H2,1-3H3. The fraction of sp³-hybridized carbons (Fsp3) is 0.500. The van der Waals surface area contributed by atoms with Crippen molar-refractivity contribution >= 4 is 11.6 Å². The van der Waals surface area contributed by atoms with E-state index in [4.69, 9.17) is 11.6 Å². The third kappa shape index (κ3) is 5.34. The molecule has 1 aliphatic rings. The SMILES string of the molecule is Cc1cccc(CC2(Cc3ccc(Cl)cc3)CCC(O)CC2CN(C)C)c1. The Hall–Kier alpha value is -1.35. The molecule has 3 heteroatoms. The third-order valence-electron chi connectivity index (χ3n) is 6.09. The van der Waals surface area contributed by atoms with Gasteiger partial charge in [-0.05, 0) is 87.7 Å². The number of benzene rings is 2. The Morgan fingerprint density at radius 3 is 2.44 bits per heavy atom. The van der Waals surface area contributed by atoms with Crippen molar-refractivity contribution in [1.82, 2.24) is 4.90 Å². The van der Waals surface area contributed by atoms with Crippen LogP contribution in [0.1, 0.15) is 36.0 Å². The van der Waals surface area contributed by atoms with Gasteiger partial charge in [-0.1, -0.05) is 53.6 Å². The van der Waals surface area contributed by atoms with Crippen LogP contribution in [-0.4, -0.2) is 36.8 Å². The molecule has 1 N–H and O–H groups in total. The van der Waals surface area contributed by atoms with Crippen molar-refractivity contribution in [3.8, 4) is 0 Å². The van der Waals surface area contributed by atoms with Crippen LogP contribution in [0, 0.1) is 18.3 Å². The number of hydrogen-bond acceptors (Lipinski definition) is 2. The van der Waals surface area contributed by atoms with E-state index in [0.717, 1.165) is 43.7 Å². The molecule has 0 saturated heterocycles. The van der Waals surface area contributed by atoms with Crippen molar-refractivity contribution < 1.29 is 5.11 Å². The largest absolute Gasteiger partial charge is 0.393 e. The summed E-state index contributed by atoms with van der Waals surface area (Å²) in [5, 5.41) is 11.2. The molecule has 0 amide bonds. The Kier molecular flexibility index (Phi) is 6.62. The molecule has 0 spiro atoms. The zero-order valence-electron chi connectivity index (χ0n) is 16.8. The molecule has 2 aromatic rings.